The predicted molar refractivity (Wildman–Crippen MR) is 47.3 cm³/mol. The quantitative estimate of drug-likeness (QED) is 0.725. The smallest absolute Gasteiger partial charge is 0.406 e. The largest absolute Gasteiger partial charge is 0.573 e. The number of ether oxygens (including phenoxy) is 1. The highest BCUT2D eigenvalue weighted by Crippen LogP contribution is 2.25. The van der Waals surface area contributed by atoms with Gasteiger partial charge in [-0.25, -0.2) is 0 Å². The van der Waals surface area contributed by atoms with E-state index in [2.05, 4.69) is 15.8 Å². The van der Waals surface area contributed by atoms with Crippen molar-refractivity contribution in [1.82, 2.24) is 4.98 Å². The molecule has 0 unspecified atom stereocenters. The van der Waals surface area contributed by atoms with Crippen LogP contribution in [-0.2, 0) is 0 Å². The molecule has 0 bridgehead atoms. The van der Waals surface area contributed by atoms with E-state index in [0.29, 0.717) is 10.9 Å². The van der Waals surface area contributed by atoms with Crippen LogP contribution in [0.1, 0.15) is 0 Å². The number of nitrogens with zero attached hydrogens (tertiary/aromatic N) is 1. The van der Waals surface area contributed by atoms with Crippen LogP contribution in [0.3, 0.4) is 0 Å². The van der Waals surface area contributed by atoms with Gasteiger partial charge in [0.05, 0.1) is 5.52 Å². The molecule has 15 heavy (non-hydrogen) atoms. The highest BCUT2D eigenvalue weighted by molar-refractivity contribution is 5.79. The number of alkyl halides is 3. The Labute approximate surface area is 83.3 Å². The molecule has 0 N–H and O–H groups in total. The van der Waals surface area contributed by atoms with Crippen molar-refractivity contribution in [3.8, 4) is 5.75 Å². The first kappa shape index (κ1) is 9.76. The molecule has 0 atom stereocenters. The van der Waals surface area contributed by atoms with E-state index >= 15 is 0 Å². The molecule has 0 saturated heterocycles. The number of benzene rings is 1. The number of hydrogen-bond donors (Lipinski definition) is 0. The Bertz CT molecular complexity index is 481. The van der Waals surface area contributed by atoms with Gasteiger partial charge in [-0.15, -0.1) is 13.2 Å². The van der Waals surface area contributed by atoms with Gasteiger partial charge in [-0.05, 0) is 30.3 Å². The van der Waals surface area contributed by atoms with Crippen LogP contribution >= 0.6 is 0 Å². The number of fused-ring (bicyclic) bond motifs is 1. The summed E-state index contributed by atoms with van der Waals surface area (Å²) in [5, 5.41) is 0.485. The Balaban J connectivity index is 2.39. The van der Waals surface area contributed by atoms with Gasteiger partial charge in [0.1, 0.15) is 5.75 Å². The van der Waals surface area contributed by atoms with Crippen LogP contribution in [0, 0.1) is 6.07 Å². The lowest BCUT2D eigenvalue weighted by Gasteiger charge is -2.08. The molecular formula is C10H5F3NO. The summed E-state index contributed by atoms with van der Waals surface area (Å²) in [4.78, 5) is 3.95. The topological polar surface area (TPSA) is 22.1 Å². The molecule has 2 aromatic rings. The fourth-order valence-corrected chi connectivity index (χ4v) is 1.19. The monoisotopic (exact) mass is 212 g/mol. The molecule has 1 aromatic carbocycles. The third-order valence-corrected chi connectivity index (χ3v) is 1.73. The van der Waals surface area contributed by atoms with Gasteiger partial charge < -0.3 is 4.74 Å². The van der Waals surface area contributed by atoms with Crippen molar-refractivity contribution in [3.63, 3.8) is 0 Å². The molecule has 0 fully saturated rings. The zero-order chi connectivity index (χ0) is 10.9. The second-order valence-corrected chi connectivity index (χ2v) is 2.82. The number of halogens is 3. The Hall–Kier alpha value is -1.78. The predicted octanol–water partition coefficient (Wildman–Crippen LogP) is 2.93. The molecule has 1 radical (unpaired) electrons. The van der Waals surface area contributed by atoms with Crippen LogP contribution in [0.2, 0.25) is 0 Å². The van der Waals surface area contributed by atoms with E-state index in [4.69, 9.17) is 0 Å². The molecule has 0 aliphatic rings. The van der Waals surface area contributed by atoms with E-state index in [9.17, 15) is 13.2 Å². The first-order valence-corrected chi connectivity index (χ1v) is 4.07. The summed E-state index contributed by atoms with van der Waals surface area (Å²) < 4.78 is 39.4. The van der Waals surface area contributed by atoms with E-state index in [1.54, 1.807) is 0 Å². The minimum atomic E-state index is -4.67. The minimum absolute atomic E-state index is 0.265. The maximum atomic E-state index is 11.9. The third kappa shape index (κ3) is 2.37. The fraction of sp³-hybridized carbons (Fsp3) is 0.100. The molecule has 0 aliphatic heterocycles. The van der Waals surface area contributed by atoms with Crippen LogP contribution in [0.5, 0.6) is 5.75 Å². The molecule has 77 valence electrons. The highest BCUT2D eigenvalue weighted by Gasteiger charge is 2.31. The molecule has 1 aromatic heterocycles. The zero-order valence-corrected chi connectivity index (χ0v) is 7.38. The second-order valence-electron chi connectivity index (χ2n) is 2.82. The van der Waals surface area contributed by atoms with E-state index in [-0.39, 0.29) is 5.75 Å². The van der Waals surface area contributed by atoms with E-state index in [1.807, 2.05) is 0 Å². The summed E-state index contributed by atoms with van der Waals surface area (Å²) in [6.45, 7) is 0. The second kappa shape index (κ2) is 3.42. The molecular weight excluding hydrogens is 207 g/mol. The standard InChI is InChI=1S/C10H5F3NO/c11-10(12,13)15-8-3-4-9-7(6-8)2-1-5-14-9/h1,3-6H. The zero-order valence-electron chi connectivity index (χ0n) is 7.38. The average molecular weight is 212 g/mol. The van der Waals surface area contributed by atoms with Crippen molar-refractivity contribution in [3.05, 3.63) is 36.5 Å². The summed E-state index contributed by atoms with van der Waals surface area (Å²) in [5.74, 6) is -0.265. The van der Waals surface area contributed by atoms with Gasteiger partial charge in [0.15, 0.2) is 0 Å². The molecule has 5 heteroatoms. The van der Waals surface area contributed by atoms with Gasteiger partial charge >= 0.3 is 6.36 Å². The van der Waals surface area contributed by atoms with Gasteiger partial charge in [-0.1, -0.05) is 0 Å². The van der Waals surface area contributed by atoms with Crippen molar-refractivity contribution >= 4 is 10.9 Å². The van der Waals surface area contributed by atoms with Crippen molar-refractivity contribution in [1.29, 1.82) is 0 Å². The maximum absolute atomic E-state index is 11.9. The van der Waals surface area contributed by atoms with Crippen molar-refractivity contribution in [2.45, 2.75) is 6.36 Å². The van der Waals surface area contributed by atoms with E-state index in [1.165, 1.54) is 30.5 Å². The SMILES string of the molecule is FC(F)(F)Oc1ccc2ncc[c]c2c1. The van der Waals surface area contributed by atoms with Gasteiger partial charge in [-0.3, -0.25) is 4.98 Å². The average Bonchev–Trinajstić information content (AvgIpc) is 2.15. The van der Waals surface area contributed by atoms with Gasteiger partial charge in [0.2, 0.25) is 0 Å². The van der Waals surface area contributed by atoms with Crippen LogP contribution in [0.15, 0.2) is 30.5 Å². The molecule has 2 rings (SSSR count). The Kier molecular flexibility index (Phi) is 2.22. The number of aromatic nitrogens is 1. The molecule has 0 spiro atoms. The molecule has 0 amide bonds. The summed E-state index contributed by atoms with van der Waals surface area (Å²) in [6, 6.07) is 8.21. The van der Waals surface area contributed by atoms with Gasteiger partial charge in [0.25, 0.3) is 0 Å². The summed E-state index contributed by atoms with van der Waals surface area (Å²) >= 11 is 0. The first-order chi connectivity index (χ1) is 7.04. The van der Waals surface area contributed by atoms with Crippen LogP contribution in [-0.4, -0.2) is 11.3 Å². The van der Waals surface area contributed by atoms with Crippen molar-refractivity contribution < 1.29 is 17.9 Å². The molecule has 0 aliphatic carbocycles. The van der Waals surface area contributed by atoms with Crippen molar-refractivity contribution in [2.24, 2.45) is 0 Å². The Morgan fingerprint density at radius 2 is 2.07 bits per heavy atom. The summed E-state index contributed by atoms with van der Waals surface area (Å²) in [6.07, 6.45) is -3.15. The fourth-order valence-electron chi connectivity index (χ4n) is 1.19. The number of rotatable bonds is 1. The van der Waals surface area contributed by atoms with Crippen molar-refractivity contribution in [2.75, 3.05) is 0 Å². The lowest BCUT2D eigenvalue weighted by atomic mass is 10.2. The number of pyridine rings is 1. The third-order valence-electron chi connectivity index (χ3n) is 1.73. The highest BCUT2D eigenvalue weighted by atomic mass is 19.4. The molecule has 2 nitrogen and oxygen atoms in total. The number of hydrogen-bond acceptors (Lipinski definition) is 2. The summed E-state index contributed by atoms with van der Waals surface area (Å²) in [7, 11) is 0. The van der Waals surface area contributed by atoms with Gasteiger partial charge in [0, 0.05) is 11.6 Å². The lowest BCUT2D eigenvalue weighted by molar-refractivity contribution is -0.274. The molecule has 0 saturated carbocycles. The van der Waals surface area contributed by atoms with E-state index < -0.39 is 6.36 Å². The van der Waals surface area contributed by atoms with Crippen LogP contribution in [0.25, 0.3) is 10.9 Å². The minimum Gasteiger partial charge on any atom is -0.406 e. The van der Waals surface area contributed by atoms with Crippen LogP contribution < -0.4 is 4.74 Å². The van der Waals surface area contributed by atoms with Crippen LogP contribution in [0.4, 0.5) is 13.2 Å². The normalized spacial score (nSPS) is 11.7. The Morgan fingerprint density at radius 3 is 2.80 bits per heavy atom. The van der Waals surface area contributed by atoms with E-state index in [0.717, 1.165) is 0 Å². The lowest BCUT2D eigenvalue weighted by Crippen LogP contribution is -2.16. The Morgan fingerprint density at radius 1 is 1.27 bits per heavy atom. The first-order valence-electron chi connectivity index (χ1n) is 4.07. The van der Waals surface area contributed by atoms with Gasteiger partial charge in [-0.2, -0.15) is 0 Å². The maximum Gasteiger partial charge on any atom is 0.573 e. The molecule has 1 heterocycles. The summed E-state index contributed by atoms with van der Waals surface area (Å²) in [5.41, 5.74) is 0.576.